The lowest BCUT2D eigenvalue weighted by Gasteiger charge is -2.15. The number of anilines is 1. The van der Waals surface area contributed by atoms with Crippen LogP contribution in [0.4, 0.5) is 11.4 Å². The smallest absolute Gasteiger partial charge is 0.327 e. The van der Waals surface area contributed by atoms with E-state index in [2.05, 4.69) is 12.2 Å². The van der Waals surface area contributed by atoms with E-state index < -0.39 is 16.5 Å². The standard InChI is InChI=1S/C21H26N2O6/c1-5-6-7-8-14-9-11-15(12-10-14)22-21(24)16-13-17(27-2)19(28-3)20(29-4)18(16)23(25)26/h9-13H,5-8H2,1-4H3,(H,22,24). The van der Waals surface area contributed by atoms with Crippen molar-refractivity contribution in [3.8, 4) is 17.2 Å². The fraction of sp³-hybridized carbons (Fsp3) is 0.381. The summed E-state index contributed by atoms with van der Waals surface area (Å²) in [5.41, 5.74) is 1.04. The predicted octanol–water partition coefficient (Wildman–Crippen LogP) is 4.61. The van der Waals surface area contributed by atoms with Crippen molar-refractivity contribution in [3.05, 3.63) is 51.6 Å². The highest BCUT2D eigenvalue weighted by Crippen LogP contribution is 2.46. The Morgan fingerprint density at radius 1 is 1.03 bits per heavy atom. The zero-order chi connectivity index (χ0) is 21.4. The number of carbonyl (C=O) groups is 1. The van der Waals surface area contributed by atoms with E-state index in [1.807, 2.05) is 12.1 Å². The van der Waals surface area contributed by atoms with Gasteiger partial charge in [0.25, 0.3) is 5.91 Å². The molecule has 2 aromatic rings. The van der Waals surface area contributed by atoms with Crippen molar-refractivity contribution < 1.29 is 23.9 Å². The van der Waals surface area contributed by atoms with Gasteiger partial charge >= 0.3 is 5.69 Å². The molecular formula is C21H26N2O6. The summed E-state index contributed by atoms with van der Waals surface area (Å²) < 4.78 is 15.5. The van der Waals surface area contributed by atoms with E-state index >= 15 is 0 Å². The topological polar surface area (TPSA) is 99.9 Å². The fourth-order valence-corrected chi connectivity index (χ4v) is 3.03. The average molecular weight is 402 g/mol. The van der Waals surface area contributed by atoms with Crippen molar-refractivity contribution >= 4 is 17.3 Å². The van der Waals surface area contributed by atoms with Gasteiger partial charge in [-0.1, -0.05) is 31.9 Å². The molecule has 0 saturated heterocycles. The Morgan fingerprint density at radius 3 is 2.21 bits per heavy atom. The SMILES string of the molecule is CCCCCc1ccc(NC(=O)c2cc(OC)c(OC)c(OC)c2[N+](=O)[O-])cc1. The Morgan fingerprint density at radius 2 is 1.69 bits per heavy atom. The molecule has 8 nitrogen and oxygen atoms in total. The maximum atomic E-state index is 12.8. The first kappa shape index (κ1) is 22.0. The van der Waals surface area contributed by atoms with Gasteiger partial charge in [-0.05, 0) is 30.5 Å². The molecule has 1 amide bonds. The fourth-order valence-electron chi connectivity index (χ4n) is 3.03. The number of nitrogens with one attached hydrogen (secondary N) is 1. The van der Waals surface area contributed by atoms with Gasteiger partial charge in [0, 0.05) is 11.8 Å². The van der Waals surface area contributed by atoms with E-state index in [1.165, 1.54) is 39.4 Å². The third-order valence-corrected chi connectivity index (χ3v) is 4.51. The number of amides is 1. The summed E-state index contributed by atoms with van der Waals surface area (Å²) in [6, 6.07) is 8.71. The second-order valence-corrected chi connectivity index (χ2v) is 6.41. The minimum atomic E-state index is -0.674. The molecule has 0 aromatic heterocycles. The lowest BCUT2D eigenvalue weighted by molar-refractivity contribution is -0.386. The Hall–Kier alpha value is -3.29. The number of nitro benzene ring substituents is 1. The van der Waals surface area contributed by atoms with Gasteiger partial charge in [-0.3, -0.25) is 14.9 Å². The molecule has 0 fully saturated rings. The van der Waals surface area contributed by atoms with Crippen LogP contribution in [0.1, 0.15) is 42.1 Å². The van der Waals surface area contributed by atoms with Gasteiger partial charge in [0.15, 0.2) is 5.75 Å². The molecule has 0 radical (unpaired) electrons. The Kier molecular flexibility index (Phi) is 7.82. The highest BCUT2D eigenvalue weighted by molar-refractivity contribution is 6.08. The number of nitrogens with zero attached hydrogens (tertiary/aromatic N) is 1. The molecule has 156 valence electrons. The summed E-state index contributed by atoms with van der Waals surface area (Å²) in [5, 5.41) is 14.3. The van der Waals surface area contributed by atoms with Gasteiger partial charge in [-0.2, -0.15) is 0 Å². The predicted molar refractivity (Wildman–Crippen MR) is 110 cm³/mol. The van der Waals surface area contributed by atoms with Crippen molar-refractivity contribution in [3.63, 3.8) is 0 Å². The number of hydrogen-bond acceptors (Lipinski definition) is 6. The molecule has 0 saturated carbocycles. The Bertz CT molecular complexity index is 864. The summed E-state index contributed by atoms with van der Waals surface area (Å²) in [6.45, 7) is 2.15. The van der Waals surface area contributed by atoms with Crippen LogP contribution in [-0.2, 0) is 6.42 Å². The van der Waals surface area contributed by atoms with Crippen LogP contribution in [0.2, 0.25) is 0 Å². The lowest BCUT2D eigenvalue weighted by Crippen LogP contribution is -2.15. The van der Waals surface area contributed by atoms with Crippen LogP contribution >= 0.6 is 0 Å². The van der Waals surface area contributed by atoms with Crippen LogP contribution in [0.5, 0.6) is 17.2 Å². The minimum absolute atomic E-state index is 0.0506. The average Bonchev–Trinajstić information content (AvgIpc) is 2.73. The first-order chi connectivity index (χ1) is 14.0. The molecule has 1 N–H and O–H groups in total. The largest absolute Gasteiger partial charge is 0.493 e. The van der Waals surface area contributed by atoms with Crippen molar-refractivity contribution in [1.29, 1.82) is 0 Å². The summed E-state index contributed by atoms with van der Waals surface area (Å²) >= 11 is 0. The third-order valence-electron chi connectivity index (χ3n) is 4.51. The molecule has 0 aliphatic rings. The molecule has 0 atom stereocenters. The van der Waals surface area contributed by atoms with E-state index in [-0.39, 0.29) is 22.8 Å². The summed E-state index contributed by atoms with van der Waals surface area (Å²) in [5.74, 6) is -0.607. The van der Waals surface area contributed by atoms with Crippen molar-refractivity contribution in [2.45, 2.75) is 32.6 Å². The van der Waals surface area contributed by atoms with E-state index in [1.54, 1.807) is 12.1 Å². The van der Waals surface area contributed by atoms with Crippen molar-refractivity contribution in [2.75, 3.05) is 26.6 Å². The molecular weight excluding hydrogens is 376 g/mol. The molecule has 0 unspecified atom stereocenters. The number of hydrogen-bond donors (Lipinski definition) is 1. The van der Waals surface area contributed by atoms with Crippen LogP contribution in [0.3, 0.4) is 0 Å². The number of carbonyl (C=O) groups excluding carboxylic acids is 1. The van der Waals surface area contributed by atoms with E-state index in [4.69, 9.17) is 14.2 Å². The molecule has 8 heteroatoms. The molecule has 0 aliphatic heterocycles. The van der Waals surface area contributed by atoms with E-state index in [9.17, 15) is 14.9 Å². The molecule has 0 aliphatic carbocycles. The highest BCUT2D eigenvalue weighted by atomic mass is 16.6. The minimum Gasteiger partial charge on any atom is -0.493 e. The Balaban J connectivity index is 2.33. The van der Waals surface area contributed by atoms with Gasteiger partial charge in [0.05, 0.1) is 26.3 Å². The number of rotatable bonds is 10. The summed E-state index contributed by atoms with van der Waals surface area (Å²) in [7, 11) is 3.98. The van der Waals surface area contributed by atoms with Crippen molar-refractivity contribution in [2.24, 2.45) is 0 Å². The number of ether oxygens (including phenoxy) is 3. The van der Waals surface area contributed by atoms with Gasteiger partial charge in [0.2, 0.25) is 11.5 Å². The zero-order valence-electron chi connectivity index (χ0n) is 17.1. The first-order valence-corrected chi connectivity index (χ1v) is 9.34. The van der Waals surface area contributed by atoms with Gasteiger partial charge in [0.1, 0.15) is 5.56 Å². The number of aryl methyl sites for hydroxylation is 1. The summed E-state index contributed by atoms with van der Waals surface area (Å²) in [4.78, 5) is 23.8. The quantitative estimate of drug-likeness (QED) is 0.354. The van der Waals surface area contributed by atoms with Crippen LogP contribution < -0.4 is 19.5 Å². The van der Waals surface area contributed by atoms with Crippen molar-refractivity contribution in [1.82, 2.24) is 0 Å². The van der Waals surface area contributed by atoms with Gasteiger partial charge < -0.3 is 19.5 Å². The number of unbranched alkanes of at least 4 members (excludes halogenated alkanes) is 2. The molecule has 2 aromatic carbocycles. The highest BCUT2D eigenvalue weighted by Gasteiger charge is 2.32. The molecule has 0 bridgehead atoms. The van der Waals surface area contributed by atoms with E-state index in [0.717, 1.165) is 19.3 Å². The molecule has 2 rings (SSSR count). The van der Waals surface area contributed by atoms with Gasteiger partial charge in [-0.15, -0.1) is 0 Å². The normalized spacial score (nSPS) is 10.3. The number of methoxy groups -OCH3 is 3. The summed E-state index contributed by atoms with van der Waals surface area (Å²) in [6.07, 6.45) is 4.41. The lowest BCUT2D eigenvalue weighted by atomic mass is 10.1. The first-order valence-electron chi connectivity index (χ1n) is 9.34. The monoisotopic (exact) mass is 402 g/mol. The second-order valence-electron chi connectivity index (χ2n) is 6.41. The van der Waals surface area contributed by atoms with Crippen LogP contribution in [-0.4, -0.2) is 32.2 Å². The number of benzene rings is 2. The third kappa shape index (κ3) is 5.16. The zero-order valence-corrected chi connectivity index (χ0v) is 17.1. The molecule has 29 heavy (non-hydrogen) atoms. The van der Waals surface area contributed by atoms with Crippen LogP contribution in [0.15, 0.2) is 30.3 Å². The second kappa shape index (κ2) is 10.3. The number of nitro groups is 1. The van der Waals surface area contributed by atoms with Gasteiger partial charge in [-0.25, -0.2) is 0 Å². The molecule has 0 spiro atoms. The Labute approximate surface area is 169 Å². The maximum Gasteiger partial charge on any atom is 0.327 e. The van der Waals surface area contributed by atoms with Crippen LogP contribution in [0.25, 0.3) is 0 Å². The molecule has 0 heterocycles. The maximum absolute atomic E-state index is 12.8. The van der Waals surface area contributed by atoms with Crippen LogP contribution in [0, 0.1) is 10.1 Å². The van der Waals surface area contributed by atoms with E-state index in [0.29, 0.717) is 5.69 Å².